The van der Waals surface area contributed by atoms with Crippen molar-refractivity contribution in [3.8, 4) is 0 Å². The number of hydrogen-bond acceptors (Lipinski definition) is 4. The average Bonchev–Trinajstić information content (AvgIpc) is 3.18. The molecule has 2 aliphatic heterocycles. The Balaban J connectivity index is 1.35. The first-order valence-corrected chi connectivity index (χ1v) is 9.88. The number of aromatic nitrogens is 1. The average molecular weight is 371 g/mol. The van der Waals surface area contributed by atoms with Crippen LogP contribution in [0.4, 0.5) is 4.39 Å². The summed E-state index contributed by atoms with van der Waals surface area (Å²) in [5, 5.41) is 1.00. The van der Waals surface area contributed by atoms with E-state index < -0.39 is 0 Å². The topological polar surface area (TPSA) is 45.7 Å². The van der Waals surface area contributed by atoms with Gasteiger partial charge in [-0.2, -0.15) is 0 Å². The van der Waals surface area contributed by atoms with E-state index in [2.05, 4.69) is 9.88 Å². The van der Waals surface area contributed by atoms with Gasteiger partial charge in [-0.25, -0.2) is 4.39 Å². The molecular weight excluding hydrogens is 345 g/mol. The van der Waals surface area contributed by atoms with Gasteiger partial charge in [0.2, 0.25) is 0 Å². The first kappa shape index (κ1) is 18.3. The van der Waals surface area contributed by atoms with Crippen LogP contribution in [0.1, 0.15) is 36.0 Å². The number of halogens is 1. The first-order valence-electron chi connectivity index (χ1n) is 9.88. The lowest BCUT2D eigenvalue weighted by atomic mass is 10.1. The van der Waals surface area contributed by atoms with Crippen LogP contribution < -0.4 is 0 Å². The molecule has 0 saturated carbocycles. The van der Waals surface area contributed by atoms with Crippen molar-refractivity contribution in [2.45, 2.75) is 31.8 Å². The van der Waals surface area contributed by atoms with Crippen LogP contribution in [0.5, 0.6) is 0 Å². The molecule has 144 valence electrons. The number of hydrogen-bond donors (Lipinski definition) is 0. The van der Waals surface area contributed by atoms with Crippen molar-refractivity contribution in [1.29, 1.82) is 0 Å². The molecule has 1 unspecified atom stereocenters. The smallest absolute Gasteiger partial charge is 0.254 e. The number of fused-ring (bicyclic) bond motifs is 1. The van der Waals surface area contributed by atoms with Gasteiger partial charge in [-0.05, 0) is 50.6 Å². The highest BCUT2D eigenvalue weighted by molar-refractivity contribution is 6.07. The zero-order valence-electron chi connectivity index (χ0n) is 15.6. The minimum Gasteiger partial charge on any atom is -0.375 e. The molecular formula is C21H26FN3O2. The molecule has 1 aromatic heterocycles. The predicted molar refractivity (Wildman–Crippen MR) is 102 cm³/mol. The fourth-order valence-corrected chi connectivity index (χ4v) is 4.09. The van der Waals surface area contributed by atoms with E-state index in [4.69, 9.17) is 4.74 Å². The van der Waals surface area contributed by atoms with Gasteiger partial charge in [-0.1, -0.05) is 6.42 Å². The van der Waals surface area contributed by atoms with Crippen molar-refractivity contribution in [2.75, 3.05) is 39.3 Å². The van der Waals surface area contributed by atoms with Crippen molar-refractivity contribution in [3.63, 3.8) is 0 Å². The number of pyridine rings is 1. The first-order chi connectivity index (χ1) is 13.2. The quantitative estimate of drug-likeness (QED) is 0.810. The number of carbonyl (C=O) groups is 1. The lowest BCUT2D eigenvalue weighted by Gasteiger charge is -2.26. The minimum atomic E-state index is -0.329. The van der Waals surface area contributed by atoms with Gasteiger partial charge >= 0.3 is 0 Å². The molecule has 2 aromatic rings. The second kappa shape index (κ2) is 8.31. The SMILES string of the molecule is O=C(c1ccc(F)c2ccncc12)N1CCC(OCCN2CCCCC2)C1. The second-order valence-corrected chi connectivity index (χ2v) is 7.45. The van der Waals surface area contributed by atoms with Crippen LogP contribution in [-0.2, 0) is 4.74 Å². The lowest BCUT2D eigenvalue weighted by molar-refractivity contribution is 0.0379. The Hall–Kier alpha value is -2.05. The number of amides is 1. The molecule has 2 saturated heterocycles. The van der Waals surface area contributed by atoms with Crippen LogP contribution in [0, 0.1) is 5.82 Å². The molecule has 0 spiro atoms. The van der Waals surface area contributed by atoms with E-state index in [-0.39, 0.29) is 17.8 Å². The van der Waals surface area contributed by atoms with Crippen LogP contribution >= 0.6 is 0 Å². The zero-order valence-corrected chi connectivity index (χ0v) is 15.6. The van der Waals surface area contributed by atoms with Crippen molar-refractivity contribution in [2.24, 2.45) is 0 Å². The molecule has 1 aromatic carbocycles. The number of ether oxygens (including phenoxy) is 1. The summed E-state index contributed by atoms with van der Waals surface area (Å²) in [4.78, 5) is 21.3. The molecule has 2 fully saturated rings. The van der Waals surface area contributed by atoms with Crippen molar-refractivity contribution >= 4 is 16.7 Å². The largest absolute Gasteiger partial charge is 0.375 e. The molecule has 6 heteroatoms. The van der Waals surface area contributed by atoms with Crippen molar-refractivity contribution < 1.29 is 13.9 Å². The van der Waals surface area contributed by atoms with Crippen LogP contribution in [0.2, 0.25) is 0 Å². The van der Waals surface area contributed by atoms with Gasteiger partial charge in [0.05, 0.1) is 12.7 Å². The Morgan fingerprint density at radius 2 is 2.00 bits per heavy atom. The van der Waals surface area contributed by atoms with Crippen LogP contribution in [0.25, 0.3) is 10.8 Å². The maximum Gasteiger partial charge on any atom is 0.254 e. The molecule has 5 nitrogen and oxygen atoms in total. The minimum absolute atomic E-state index is 0.0740. The molecule has 2 aliphatic rings. The monoisotopic (exact) mass is 371 g/mol. The van der Waals surface area contributed by atoms with E-state index in [0.29, 0.717) is 29.4 Å². The summed E-state index contributed by atoms with van der Waals surface area (Å²) >= 11 is 0. The van der Waals surface area contributed by atoms with Crippen LogP contribution in [0.3, 0.4) is 0 Å². The van der Waals surface area contributed by atoms with E-state index in [0.717, 1.165) is 19.6 Å². The highest BCUT2D eigenvalue weighted by atomic mass is 19.1. The number of nitrogens with zero attached hydrogens (tertiary/aromatic N) is 3. The van der Waals surface area contributed by atoms with E-state index >= 15 is 0 Å². The summed E-state index contributed by atoms with van der Waals surface area (Å²) in [7, 11) is 0. The molecule has 0 radical (unpaired) electrons. The van der Waals surface area contributed by atoms with Crippen molar-refractivity contribution in [1.82, 2.24) is 14.8 Å². The summed E-state index contributed by atoms with van der Waals surface area (Å²) in [6, 6.07) is 4.53. The summed E-state index contributed by atoms with van der Waals surface area (Å²) < 4.78 is 20.0. The second-order valence-electron chi connectivity index (χ2n) is 7.45. The van der Waals surface area contributed by atoms with Crippen molar-refractivity contribution in [3.05, 3.63) is 42.0 Å². The Bertz CT molecular complexity index is 807. The third kappa shape index (κ3) is 4.12. The normalized spacial score (nSPS) is 21.1. The van der Waals surface area contributed by atoms with Gasteiger partial charge in [0.1, 0.15) is 5.82 Å². The Kier molecular flexibility index (Phi) is 5.64. The molecule has 1 amide bonds. The predicted octanol–water partition coefficient (Wildman–Crippen LogP) is 3.09. The van der Waals surface area contributed by atoms with Crippen LogP contribution in [-0.4, -0.2) is 66.1 Å². The summed E-state index contributed by atoms with van der Waals surface area (Å²) in [5.41, 5.74) is 0.508. The summed E-state index contributed by atoms with van der Waals surface area (Å²) in [6.07, 6.45) is 7.95. The number of piperidine rings is 1. The van der Waals surface area contributed by atoms with Gasteiger partial charge < -0.3 is 14.5 Å². The molecule has 0 N–H and O–H groups in total. The highest BCUT2D eigenvalue weighted by Gasteiger charge is 2.28. The Labute approximate surface area is 159 Å². The number of benzene rings is 1. The maximum atomic E-state index is 14.0. The van der Waals surface area contributed by atoms with Gasteiger partial charge in [0.15, 0.2) is 0 Å². The maximum absolute atomic E-state index is 14.0. The fraction of sp³-hybridized carbons (Fsp3) is 0.524. The van der Waals surface area contributed by atoms with Gasteiger partial charge in [0, 0.05) is 48.4 Å². The van der Waals surface area contributed by atoms with E-state index in [1.165, 1.54) is 38.4 Å². The molecule has 1 atom stereocenters. The van der Waals surface area contributed by atoms with Gasteiger partial charge in [0.25, 0.3) is 5.91 Å². The third-order valence-electron chi connectivity index (χ3n) is 5.64. The number of carbonyl (C=O) groups excluding carboxylic acids is 1. The van der Waals surface area contributed by atoms with E-state index in [1.807, 2.05) is 4.90 Å². The molecule has 27 heavy (non-hydrogen) atoms. The lowest BCUT2D eigenvalue weighted by Crippen LogP contribution is -2.34. The number of rotatable bonds is 5. The summed E-state index contributed by atoms with van der Waals surface area (Å²) in [5.74, 6) is -0.403. The Morgan fingerprint density at radius 1 is 1.15 bits per heavy atom. The van der Waals surface area contributed by atoms with Crippen LogP contribution in [0.15, 0.2) is 30.6 Å². The highest BCUT2D eigenvalue weighted by Crippen LogP contribution is 2.24. The molecule has 0 bridgehead atoms. The standard InChI is InChI=1S/C21H26FN3O2/c22-20-5-4-18(19-14-23-8-6-17(19)20)21(26)25-11-7-16(15-25)27-13-12-24-9-2-1-3-10-24/h4-6,8,14,16H,1-3,7,9-13,15H2. The fourth-order valence-electron chi connectivity index (χ4n) is 4.09. The zero-order chi connectivity index (χ0) is 18.6. The third-order valence-corrected chi connectivity index (χ3v) is 5.64. The van der Waals surface area contributed by atoms with E-state index in [9.17, 15) is 9.18 Å². The van der Waals surface area contributed by atoms with E-state index in [1.54, 1.807) is 24.5 Å². The molecule has 0 aliphatic carbocycles. The number of likely N-dealkylation sites (tertiary alicyclic amines) is 2. The Morgan fingerprint density at radius 3 is 2.85 bits per heavy atom. The molecule has 4 rings (SSSR count). The van der Waals surface area contributed by atoms with Gasteiger partial charge in [-0.3, -0.25) is 9.78 Å². The summed E-state index contributed by atoms with van der Waals surface area (Å²) in [6.45, 7) is 5.30. The van der Waals surface area contributed by atoms with Gasteiger partial charge in [-0.15, -0.1) is 0 Å². The molecule has 3 heterocycles.